The lowest BCUT2D eigenvalue weighted by atomic mass is 10.1. The summed E-state index contributed by atoms with van der Waals surface area (Å²) in [6.07, 6.45) is 2.86. The van der Waals surface area contributed by atoms with Crippen molar-refractivity contribution in [3.63, 3.8) is 0 Å². The molecule has 1 aliphatic rings. The number of rotatable bonds is 4. The van der Waals surface area contributed by atoms with Crippen LogP contribution in [0.3, 0.4) is 0 Å². The molecule has 1 saturated heterocycles. The standard InChI is InChI=1S/C20H21N5O3S/c1-13-11-28-6-5-25(13)19-8-16(12-29(2,26)27)23-20(24-19)14-3-4-17-15(9-21)10-22-18(17)7-14/h3-4,7-8,10,13,22H,5-6,11-12H2,1-2H3/t13-/m0/s1. The number of morpholine rings is 1. The number of hydrogen-bond acceptors (Lipinski definition) is 7. The highest BCUT2D eigenvalue weighted by Crippen LogP contribution is 2.27. The molecule has 2 aromatic heterocycles. The summed E-state index contributed by atoms with van der Waals surface area (Å²) in [6.45, 7) is 3.91. The van der Waals surface area contributed by atoms with E-state index in [9.17, 15) is 13.7 Å². The summed E-state index contributed by atoms with van der Waals surface area (Å²) in [4.78, 5) is 14.4. The lowest BCUT2D eigenvalue weighted by Gasteiger charge is -2.34. The second-order valence-corrected chi connectivity index (χ2v) is 9.44. The quantitative estimate of drug-likeness (QED) is 0.701. The highest BCUT2D eigenvalue weighted by molar-refractivity contribution is 7.89. The topological polar surface area (TPSA) is 112 Å². The summed E-state index contributed by atoms with van der Waals surface area (Å²) in [5, 5.41) is 10.0. The summed E-state index contributed by atoms with van der Waals surface area (Å²) < 4.78 is 29.3. The van der Waals surface area contributed by atoms with Crippen molar-refractivity contribution >= 4 is 26.6 Å². The first-order valence-corrected chi connectivity index (χ1v) is 11.3. The molecule has 0 unspecified atom stereocenters. The van der Waals surface area contributed by atoms with Crippen molar-refractivity contribution in [1.29, 1.82) is 5.26 Å². The van der Waals surface area contributed by atoms with E-state index < -0.39 is 9.84 Å². The molecule has 29 heavy (non-hydrogen) atoms. The maximum atomic E-state index is 11.9. The summed E-state index contributed by atoms with van der Waals surface area (Å²) >= 11 is 0. The Morgan fingerprint density at radius 2 is 2.17 bits per heavy atom. The van der Waals surface area contributed by atoms with Crippen LogP contribution in [0.15, 0.2) is 30.5 Å². The third-order valence-electron chi connectivity index (χ3n) is 4.90. The van der Waals surface area contributed by atoms with Gasteiger partial charge in [-0.05, 0) is 13.0 Å². The van der Waals surface area contributed by atoms with Crippen LogP contribution in [-0.4, -0.2) is 55.4 Å². The van der Waals surface area contributed by atoms with Crippen LogP contribution in [0.4, 0.5) is 5.82 Å². The van der Waals surface area contributed by atoms with E-state index in [4.69, 9.17) is 9.72 Å². The third-order valence-corrected chi connectivity index (χ3v) is 5.72. The van der Waals surface area contributed by atoms with Gasteiger partial charge in [-0.3, -0.25) is 0 Å². The molecule has 0 amide bonds. The highest BCUT2D eigenvalue weighted by atomic mass is 32.2. The van der Waals surface area contributed by atoms with Gasteiger partial charge in [-0.2, -0.15) is 5.26 Å². The molecule has 1 atom stereocenters. The van der Waals surface area contributed by atoms with Gasteiger partial charge >= 0.3 is 0 Å². The molecular formula is C20H21N5O3S. The Morgan fingerprint density at radius 3 is 2.90 bits per heavy atom. The van der Waals surface area contributed by atoms with Gasteiger partial charge in [-0.25, -0.2) is 18.4 Å². The molecular weight excluding hydrogens is 390 g/mol. The number of nitrogens with one attached hydrogen (secondary N) is 1. The molecule has 0 bridgehead atoms. The number of hydrogen-bond donors (Lipinski definition) is 1. The van der Waals surface area contributed by atoms with Gasteiger partial charge in [0.05, 0.1) is 36.3 Å². The molecule has 4 rings (SSSR count). The first-order valence-electron chi connectivity index (χ1n) is 9.26. The molecule has 8 nitrogen and oxygen atoms in total. The van der Waals surface area contributed by atoms with Crippen LogP contribution in [0.2, 0.25) is 0 Å². The highest BCUT2D eigenvalue weighted by Gasteiger charge is 2.22. The molecule has 0 radical (unpaired) electrons. The van der Waals surface area contributed by atoms with E-state index in [-0.39, 0.29) is 11.8 Å². The summed E-state index contributed by atoms with van der Waals surface area (Å²) in [5.41, 5.74) is 2.58. The number of nitriles is 1. The van der Waals surface area contributed by atoms with Crippen LogP contribution in [0.25, 0.3) is 22.3 Å². The number of aromatic amines is 1. The largest absolute Gasteiger partial charge is 0.377 e. The Bertz CT molecular complexity index is 1210. The fourth-order valence-corrected chi connectivity index (χ4v) is 4.21. The SMILES string of the molecule is C[C@H]1COCCN1c1cc(CS(C)(=O)=O)nc(-c2ccc3c(C#N)c[nH]c3c2)n1. The van der Waals surface area contributed by atoms with Gasteiger partial charge in [0.1, 0.15) is 11.9 Å². The number of ether oxygens (including phenoxy) is 1. The van der Waals surface area contributed by atoms with Gasteiger partial charge in [-0.15, -0.1) is 0 Å². The lowest BCUT2D eigenvalue weighted by molar-refractivity contribution is 0.0985. The van der Waals surface area contributed by atoms with Crippen molar-refractivity contribution in [1.82, 2.24) is 15.0 Å². The number of nitrogens with zero attached hydrogens (tertiary/aromatic N) is 4. The predicted octanol–water partition coefficient (Wildman–Crippen LogP) is 2.27. The fraction of sp³-hybridized carbons (Fsp3) is 0.350. The van der Waals surface area contributed by atoms with Crippen LogP contribution in [0, 0.1) is 11.3 Å². The van der Waals surface area contributed by atoms with Crippen LogP contribution in [0.5, 0.6) is 0 Å². The molecule has 9 heteroatoms. The number of aromatic nitrogens is 3. The third kappa shape index (κ3) is 4.09. The maximum absolute atomic E-state index is 11.9. The summed E-state index contributed by atoms with van der Waals surface area (Å²) in [7, 11) is -3.25. The Kier molecular flexibility index (Phi) is 4.98. The van der Waals surface area contributed by atoms with Crippen LogP contribution in [0.1, 0.15) is 18.2 Å². The Labute approximate surface area is 169 Å². The van der Waals surface area contributed by atoms with Gasteiger partial charge < -0.3 is 14.6 Å². The van der Waals surface area contributed by atoms with Crippen molar-refractivity contribution in [2.24, 2.45) is 0 Å². The smallest absolute Gasteiger partial charge is 0.161 e. The van der Waals surface area contributed by atoms with Gasteiger partial charge in [0.2, 0.25) is 0 Å². The van der Waals surface area contributed by atoms with E-state index in [1.54, 1.807) is 12.3 Å². The van der Waals surface area contributed by atoms with E-state index >= 15 is 0 Å². The molecule has 3 aromatic rings. The van der Waals surface area contributed by atoms with Gasteiger partial charge in [0.15, 0.2) is 15.7 Å². The minimum atomic E-state index is -3.25. The second-order valence-electron chi connectivity index (χ2n) is 7.30. The maximum Gasteiger partial charge on any atom is 0.161 e. The minimum absolute atomic E-state index is 0.127. The molecule has 1 N–H and O–H groups in total. The second kappa shape index (κ2) is 7.46. The number of sulfone groups is 1. The molecule has 0 saturated carbocycles. The molecule has 150 valence electrons. The molecule has 0 aliphatic carbocycles. The average molecular weight is 411 g/mol. The summed E-state index contributed by atoms with van der Waals surface area (Å²) in [6, 6.07) is 9.60. The monoisotopic (exact) mass is 411 g/mol. The fourth-order valence-electron chi connectivity index (χ4n) is 3.53. The van der Waals surface area contributed by atoms with Gasteiger partial charge in [0, 0.05) is 41.5 Å². The van der Waals surface area contributed by atoms with E-state index in [1.165, 1.54) is 6.26 Å². The van der Waals surface area contributed by atoms with E-state index in [2.05, 4.69) is 20.9 Å². The number of fused-ring (bicyclic) bond motifs is 1. The zero-order chi connectivity index (χ0) is 20.6. The van der Waals surface area contributed by atoms with Crippen molar-refractivity contribution in [3.8, 4) is 17.5 Å². The average Bonchev–Trinajstić information content (AvgIpc) is 3.09. The number of H-pyrrole nitrogens is 1. The number of benzene rings is 1. The van der Waals surface area contributed by atoms with Crippen molar-refractivity contribution in [2.75, 3.05) is 30.9 Å². The molecule has 3 heterocycles. The van der Waals surface area contributed by atoms with Gasteiger partial charge in [-0.1, -0.05) is 12.1 Å². The summed E-state index contributed by atoms with van der Waals surface area (Å²) in [5.74, 6) is 0.987. The first kappa shape index (κ1) is 19.4. The Morgan fingerprint density at radius 1 is 1.34 bits per heavy atom. The van der Waals surface area contributed by atoms with Crippen molar-refractivity contribution < 1.29 is 13.2 Å². The van der Waals surface area contributed by atoms with Crippen LogP contribution < -0.4 is 4.90 Å². The predicted molar refractivity (Wildman–Crippen MR) is 110 cm³/mol. The van der Waals surface area contributed by atoms with Crippen molar-refractivity contribution in [2.45, 2.75) is 18.7 Å². The molecule has 1 fully saturated rings. The minimum Gasteiger partial charge on any atom is -0.377 e. The molecule has 0 spiro atoms. The van der Waals surface area contributed by atoms with Crippen LogP contribution >= 0.6 is 0 Å². The zero-order valence-corrected chi connectivity index (χ0v) is 17.0. The molecule has 1 aliphatic heterocycles. The number of anilines is 1. The van der Waals surface area contributed by atoms with E-state index in [0.29, 0.717) is 42.7 Å². The first-order chi connectivity index (χ1) is 13.8. The zero-order valence-electron chi connectivity index (χ0n) is 16.2. The normalized spacial score (nSPS) is 17.4. The van der Waals surface area contributed by atoms with E-state index in [0.717, 1.165) is 16.5 Å². The molecule has 1 aromatic carbocycles. The van der Waals surface area contributed by atoms with Gasteiger partial charge in [0.25, 0.3) is 0 Å². The lowest BCUT2D eigenvalue weighted by Crippen LogP contribution is -2.44. The Balaban J connectivity index is 1.82. The van der Waals surface area contributed by atoms with Crippen LogP contribution in [-0.2, 0) is 20.3 Å². The van der Waals surface area contributed by atoms with Crippen molar-refractivity contribution in [3.05, 3.63) is 41.7 Å². The van der Waals surface area contributed by atoms with E-state index in [1.807, 2.05) is 25.1 Å². The Hall–Kier alpha value is -2.96.